The first kappa shape index (κ1) is 47.1. The third-order valence-corrected chi connectivity index (χ3v) is 9.90. The zero-order chi connectivity index (χ0) is 43.3. The number of hydrogen-bond donors (Lipinski definition) is 12. The Morgan fingerprint density at radius 1 is 0.678 bits per heavy atom. The molecule has 322 valence electrons. The lowest BCUT2D eigenvalue weighted by Crippen LogP contribution is -2.60. The van der Waals surface area contributed by atoms with Crippen molar-refractivity contribution >= 4 is 47.4 Å². The number of aliphatic hydroxyl groups excluding tert-OH is 1. The summed E-state index contributed by atoms with van der Waals surface area (Å²) in [4.78, 5) is 91.2. The van der Waals surface area contributed by atoms with Crippen molar-refractivity contribution in [3.8, 4) is 5.75 Å². The van der Waals surface area contributed by atoms with Crippen LogP contribution in [0.1, 0.15) is 75.3 Å². The summed E-state index contributed by atoms with van der Waals surface area (Å²) in [7, 11) is 0. The fraction of sp³-hybridized carbons (Fsp3) is 0.500. The standard InChI is InChI=1S/C40H57N9O10/c41-35(55)29(20-26-13-15-27(51)16-14-26)47-36(56)28(12-7-19-44-40(42)43)46-39(59)32(23-50)49-38(58)31(22-25-10-5-2-6-11-25)48-37(57)30(21-24-8-3-1-4-9-24)45-33(52)17-18-34(53)54/h2,5-6,10-11,13-16,24,28-32,50-51H,1,3-4,7-9,12,17-23H2,(H2,41,55)(H,45,52)(H,46,59)(H,47,56)(H,48,57)(H,49,58)(H,53,54)(H4,42,43,44)/t28?,29-,30-,31?,32?/m0/s1. The number of phenolic OH excluding ortho intramolecular Hbond substituents is 1. The molecule has 1 aliphatic rings. The second kappa shape index (κ2) is 24.5. The van der Waals surface area contributed by atoms with Gasteiger partial charge in [-0.05, 0) is 48.4 Å². The van der Waals surface area contributed by atoms with Gasteiger partial charge in [-0.25, -0.2) is 0 Å². The molecule has 1 saturated carbocycles. The zero-order valence-electron chi connectivity index (χ0n) is 32.9. The van der Waals surface area contributed by atoms with E-state index in [1.165, 1.54) is 12.1 Å². The Hall–Kier alpha value is -6.24. The van der Waals surface area contributed by atoms with Crippen LogP contribution in [0.3, 0.4) is 0 Å². The minimum atomic E-state index is -1.62. The van der Waals surface area contributed by atoms with Gasteiger partial charge in [-0.1, -0.05) is 74.6 Å². The first-order chi connectivity index (χ1) is 28.1. The molecule has 0 heterocycles. The molecular formula is C40H57N9O10. The predicted molar refractivity (Wildman–Crippen MR) is 215 cm³/mol. The van der Waals surface area contributed by atoms with Gasteiger partial charge in [0.05, 0.1) is 13.0 Å². The first-order valence-electron chi connectivity index (χ1n) is 19.7. The number of nitrogens with one attached hydrogen (secondary N) is 7. The quantitative estimate of drug-likeness (QED) is 0.0351. The van der Waals surface area contributed by atoms with Crippen molar-refractivity contribution in [1.82, 2.24) is 31.9 Å². The van der Waals surface area contributed by atoms with E-state index in [1.807, 2.05) is 0 Å². The molecule has 3 unspecified atom stereocenters. The first-order valence-corrected chi connectivity index (χ1v) is 19.7. The number of guanidine groups is 1. The number of rotatable bonds is 24. The van der Waals surface area contributed by atoms with Crippen LogP contribution in [0.4, 0.5) is 0 Å². The van der Waals surface area contributed by atoms with Crippen molar-refractivity contribution in [2.75, 3.05) is 13.2 Å². The molecule has 0 saturated heterocycles. The average molecular weight is 824 g/mol. The van der Waals surface area contributed by atoms with Crippen molar-refractivity contribution in [1.29, 1.82) is 5.41 Å². The van der Waals surface area contributed by atoms with Gasteiger partial charge in [-0.3, -0.25) is 39.0 Å². The van der Waals surface area contributed by atoms with Gasteiger partial charge in [-0.2, -0.15) is 0 Å². The average Bonchev–Trinajstić information content (AvgIpc) is 3.20. The highest BCUT2D eigenvalue weighted by Gasteiger charge is 2.33. The normalized spacial score (nSPS) is 15.2. The van der Waals surface area contributed by atoms with Crippen LogP contribution in [0.5, 0.6) is 5.75 Å². The van der Waals surface area contributed by atoms with Gasteiger partial charge < -0.3 is 58.7 Å². The van der Waals surface area contributed by atoms with Crippen LogP contribution in [0.2, 0.25) is 0 Å². The van der Waals surface area contributed by atoms with E-state index in [-0.39, 0.29) is 62.7 Å². The molecule has 2 aromatic rings. The molecule has 3 rings (SSSR count). The van der Waals surface area contributed by atoms with E-state index >= 15 is 0 Å². The molecule has 0 spiro atoms. The Balaban J connectivity index is 1.80. The van der Waals surface area contributed by atoms with Crippen LogP contribution in [0, 0.1) is 11.3 Å². The molecule has 19 nitrogen and oxygen atoms in total. The van der Waals surface area contributed by atoms with E-state index < -0.39 is 84.6 Å². The van der Waals surface area contributed by atoms with Crippen molar-refractivity contribution in [2.45, 2.75) is 107 Å². The minimum Gasteiger partial charge on any atom is -0.508 e. The summed E-state index contributed by atoms with van der Waals surface area (Å²) in [5, 5.41) is 51.8. The number of carbonyl (C=O) groups excluding carboxylic acids is 6. The summed E-state index contributed by atoms with van der Waals surface area (Å²) in [6, 6.07) is 7.99. The smallest absolute Gasteiger partial charge is 0.303 e. The molecule has 2 aromatic carbocycles. The van der Waals surface area contributed by atoms with Crippen molar-refractivity contribution in [2.24, 2.45) is 17.4 Å². The molecule has 59 heavy (non-hydrogen) atoms. The number of aliphatic hydroxyl groups is 1. The largest absolute Gasteiger partial charge is 0.508 e. The third kappa shape index (κ3) is 17.4. The summed E-state index contributed by atoms with van der Waals surface area (Å²) in [5.74, 6) is -6.23. The highest BCUT2D eigenvalue weighted by Crippen LogP contribution is 2.27. The van der Waals surface area contributed by atoms with E-state index in [4.69, 9.17) is 22.0 Å². The van der Waals surface area contributed by atoms with Crippen LogP contribution in [-0.2, 0) is 46.4 Å². The number of benzene rings is 2. The number of carboxylic acids is 1. The molecule has 6 amide bonds. The lowest BCUT2D eigenvalue weighted by Gasteiger charge is -2.29. The molecule has 1 aliphatic carbocycles. The molecule has 5 atom stereocenters. The Morgan fingerprint density at radius 2 is 1.22 bits per heavy atom. The maximum absolute atomic E-state index is 13.9. The number of carboxylic acid groups (broad SMARTS) is 1. The molecule has 19 heteroatoms. The molecule has 0 aromatic heterocycles. The molecule has 14 N–H and O–H groups in total. The van der Waals surface area contributed by atoms with Crippen LogP contribution < -0.4 is 43.4 Å². The number of carbonyl (C=O) groups is 7. The number of hydrogen-bond acceptors (Lipinski definition) is 10. The lowest BCUT2D eigenvalue weighted by molar-refractivity contribution is -0.139. The molecular weight excluding hydrogens is 766 g/mol. The van der Waals surface area contributed by atoms with Gasteiger partial charge in [0.15, 0.2) is 5.96 Å². The van der Waals surface area contributed by atoms with Crippen LogP contribution in [0.15, 0.2) is 54.6 Å². The van der Waals surface area contributed by atoms with E-state index in [0.29, 0.717) is 11.1 Å². The van der Waals surface area contributed by atoms with Crippen LogP contribution in [-0.4, -0.2) is 106 Å². The summed E-state index contributed by atoms with van der Waals surface area (Å²) < 4.78 is 0. The summed E-state index contributed by atoms with van der Waals surface area (Å²) in [6.45, 7) is -0.775. The lowest BCUT2D eigenvalue weighted by atomic mass is 9.84. The second-order valence-electron chi connectivity index (χ2n) is 14.6. The monoisotopic (exact) mass is 823 g/mol. The number of amides is 6. The fourth-order valence-electron chi connectivity index (χ4n) is 6.71. The summed E-state index contributed by atoms with van der Waals surface area (Å²) in [6.07, 6.45) is 4.20. The van der Waals surface area contributed by atoms with E-state index in [1.54, 1.807) is 42.5 Å². The van der Waals surface area contributed by atoms with Gasteiger partial charge >= 0.3 is 5.97 Å². The molecule has 0 radical (unpaired) electrons. The van der Waals surface area contributed by atoms with Gasteiger partial charge in [0.2, 0.25) is 35.4 Å². The van der Waals surface area contributed by atoms with Crippen molar-refractivity contribution in [3.05, 3.63) is 65.7 Å². The Bertz CT molecular complexity index is 1740. The minimum absolute atomic E-state index is 0.00744. The van der Waals surface area contributed by atoms with Crippen molar-refractivity contribution in [3.63, 3.8) is 0 Å². The SMILES string of the molecule is N=C(N)NCCCC(NC(=O)C(CO)NC(=O)C(Cc1ccccc1)NC(=O)[C@H](CC1CCCCC1)NC(=O)CCC(=O)O)C(=O)N[C@@H](Cc1ccc(O)cc1)C(N)=O. The van der Waals surface area contributed by atoms with Gasteiger partial charge in [0.25, 0.3) is 0 Å². The Kier molecular flexibility index (Phi) is 19.6. The molecule has 0 bridgehead atoms. The van der Waals surface area contributed by atoms with Gasteiger partial charge in [-0.15, -0.1) is 0 Å². The van der Waals surface area contributed by atoms with Crippen molar-refractivity contribution < 1.29 is 48.9 Å². The van der Waals surface area contributed by atoms with E-state index in [2.05, 4.69) is 31.9 Å². The topological polar surface area (TPSA) is 328 Å². The maximum atomic E-state index is 13.9. The Labute approximate surface area is 342 Å². The number of aromatic hydroxyl groups is 1. The summed E-state index contributed by atoms with van der Waals surface area (Å²) in [5.41, 5.74) is 12.2. The zero-order valence-corrected chi connectivity index (χ0v) is 32.9. The van der Waals surface area contributed by atoms with E-state index in [9.17, 15) is 43.8 Å². The van der Waals surface area contributed by atoms with Crippen LogP contribution >= 0.6 is 0 Å². The molecule has 1 fully saturated rings. The number of primary amides is 1. The number of nitrogens with two attached hydrogens (primary N) is 2. The van der Waals surface area contributed by atoms with E-state index in [0.717, 1.165) is 32.1 Å². The third-order valence-electron chi connectivity index (χ3n) is 9.90. The highest BCUT2D eigenvalue weighted by atomic mass is 16.4. The fourth-order valence-corrected chi connectivity index (χ4v) is 6.71. The molecule has 0 aliphatic heterocycles. The predicted octanol–water partition coefficient (Wildman–Crippen LogP) is -0.823. The second-order valence-corrected chi connectivity index (χ2v) is 14.6. The van der Waals surface area contributed by atoms with Crippen LogP contribution in [0.25, 0.3) is 0 Å². The summed E-state index contributed by atoms with van der Waals surface area (Å²) >= 11 is 0. The highest BCUT2D eigenvalue weighted by molar-refractivity contribution is 5.96. The Morgan fingerprint density at radius 3 is 1.83 bits per heavy atom. The number of aliphatic carboxylic acids is 1. The van der Waals surface area contributed by atoms with Gasteiger partial charge in [0.1, 0.15) is 36.0 Å². The number of phenols is 1. The maximum Gasteiger partial charge on any atom is 0.303 e. The van der Waals surface area contributed by atoms with Gasteiger partial charge in [0, 0.05) is 25.8 Å².